The maximum absolute atomic E-state index is 11.9. The van der Waals surface area contributed by atoms with Gasteiger partial charge in [-0.05, 0) is 49.9 Å². The van der Waals surface area contributed by atoms with Gasteiger partial charge in [-0.1, -0.05) is 15.9 Å². The summed E-state index contributed by atoms with van der Waals surface area (Å²) < 4.78 is 0.984. The Hall–Kier alpha value is -0.870. The number of hydrogen-bond donors (Lipinski definition) is 2. The summed E-state index contributed by atoms with van der Waals surface area (Å²) in [5.41, 5.74) is 6.55. The molecule has 1 aromatic carbocycles. The van der Waals surface area contributed by atoms with Gasteiger partial charge in [-0.3, -0.25) is 4.79 Å². The van der Waals surface area contributed by atoms with Gasteiger partial charge in [0.1, 0.15) is 0 Å². The highest BCUT2D eigenvalue weighted by atomic mass is 79.9. The van der Waals surface area contributed by atoms with Crippen LogP contribution in [0.25, 0.3) is 0 Å². The van der Waals surface area contributed by atoms with Gasteiger partial charge in [0.25, 0.3) is 5.91 Å². The summed E-state index contributed by atoms with van der Waals surface area (Å²) in [7, 11) is 0. The Balaban J connectivity index is 1.91. The molecule has 0 atom stereocenters. The minimum absolute atomic E-state index is 0.0120. The fourth-order valence-electron chi connectivity index (χ4n) is 2.13. The van der Waals surface area contributed by atoms with Crippen LogP contribution in [0.2, 0.25) is 0 Å². The van der Waals surface area contributed by atoms with E-state index >= 15 is 0 Å². The van der Waals surface area contributed by atoms with Crippen LogP contribution in [0.4, 0.5) is 0 Å². The highest BCUT2D eigenvalue weighted by molar-refractivity contribution is 9.10. The molecule has 92 valence electrons. The molecule has 0 saturated heterocycles. The first-order chi connectivity index (χ1) is 8.15. The normalized spacial score (nSPS) is 24.4. The molecule has 1 aliphatic rings. The molecule has 0 aliphatic heterocycles. The molecule has 1 fully saturated rings. The van der Waals surface area contributed by atoms with Crippen LogP contribution in [0, 0.1) is 0 Å². The first-order valence-electron chi connectivity index (χ1n) is 5.97. The Bertz CT molecular complexity index is 383. The van der Waals surface area contributed by atoms with Crippen molar-refractivity contribution in [1.82, 2.24) is 5.32 Å². The maximum atomic E-state index is 11.9. The summed E-state index contributed by atoms with van der Waals surface area (Å²) in [5.74, 6) is 0.0120. The second-order valence-electron chi connectivity index (χ2n) is 4.59. The highest BCUT2D eigenvalue weighted by Gasteiger charge is 2.20. The Morgan fingerprint density at radius 1 is 1.18 bits per heavy atom. The summed E-state index contributed by atoms with van der Waals surface area (Å²) in [4.78, 5) is 11.9. The van der Waals surface area contributed by atoms with Crippen LogP contribution in [0.3, 0.4) is 0 Å². The molecule has 0 bridgehead atoms. The molecule has 1 aromatic rings. The van der Waals surface area contributed by atoms with Gasteiger partial charge in [-0.2, -0.15) is 0 Å². The fraction of sp³-hybridized carbons (Fsp3) is 0.462. The first-order valence-corrected chi connectivity index (χ1v) is 6.76. The van der Waals surface area contributed by atoms with Crippen molar-refractivity contribution in [3.8, 4) is 0 Å². The number of halogens is 1. The van der Waals surface area contributed by atoms with Crippen LogP contribution >= 0.6 is 15.9 Å². The second kappa shape index (κ2) is 5.65. The van der Waals surface area contributed by atoms with E-state index in [0.717, 1.165) is 30.2 Å². The van der Waals surface area contributed by atoms with E-state index in [4.69, 9.17) is 5.73 Å². The van der Waals surface area contributed by atoms with Gasteiger partial charge in [-0.15, -0.1) is 0 Å². The zero-order valence-electron chi connectivity index (χ0n) is 9.66. The van der Waals surface area contributed by atoms with Crippen LogP contribution in [0.5, 0.6) is 0 Å². The maximum Gasteiger partial charge on any atom is 0.251 e. The fourth-order valence-corrected chi connectivity index (χ4v) is 2.40. The number of nitrogens with one attached hydrogen (secondary N) is 1. The highest BCUT2D eigenvalue weighted by Crippen LogP contribution is 2.17. The minimum atomic E-state index is 0.0120. The van der Waals surface area contributed by atoms with Gasteiger partial charge < -0.3 is 11.1 Å². The lowest BCUT2D eigenvalue weighted by atomic mass is 9.91. The Labute approximate surface area is 110 Å². The predicted octanol–water partition coefficient (Wildman–Crippen LogP) is 2.45. The van der Waals surface area contributed by atoms with Crippen molar-refractivity contribution in [2.24, 2.45) is 5.73 Å². The number of rotatable bonds is 2. The van der Waals surface area contributed by atoms with E-state index in [1.54, 1.807) is 0 Å². The zero-order chi connectivity index (χ0) is 12.3. The molecule has 1 saturated carbocycles. The molecule has 3 nitrogen and oxygen atoms in total. The molecule has 0 spiro atoms. The lowest BCUT2D eigenvalue weighted by Crippen LogP contribution is -2.40. The van der Waals surface area contributed by atoms with Crippen LogP contribution in [-0.2, 0) is 0 Å². The Morgan fingerprint density at radius 2 is 1.76 bits per heavy atom. The van der Waals surface area contributed by atoms with Crippen LogP contribution in [0.1, 0.15) is 36.0 Å². The second-order valence-corrected chi connectivity index (χ2v) is 5.51. The number of carbonyl (C=O) groups is 1. The number of benzene rings is 1. The Kier molecular flexibility index (Phi) is 4.18. The summed E-state index contributed by atoms with van der Waals surface area (Å²) in [6.45, 7) is 0. The topological polar surface area (TPSA) is 55.1 Å². The van der Waals surface area contributed by atoms with Gasteiger partial charge in [0, 0.05) is 22.1 Å². The molecule has 1 amide bonds. The molecule has 4 heteroatoms. The van der Waals surface area contributed by atoms with E-state index in [9.17, 15) is 4.79 Å². The monoisotopic (exact) mass is 296 g/mol. The van der Waals surface area contributed by atoms with E-state index in [1.807, 2.05) is 24.3 Å². The third-order valence-electron chi connectivity index (χ3n) is 3.21. The van der Waals surface area contributed by atoms with Crippen molar-refractivity contribution in [3.63, 3.8) is 0 Å². The quantitative estimate of drug-likeness (QED) is 0.881. The molecule has 3 N–H and O–H groups in total. The van der Waals surface area contributed by atoms with Gasteiger partial charge in [0.05, 0.1) is 0 Å². The molecular formula is C13H17BrN2O. The lowest BCUT2D eigenvalue weighted by Gasteiger charge is -2.26. The van der Waals surface area contributed by atoms with Gasteiger partial charge in [-0.25, -0.2) is 0 Å². The Morgan fingerprint density at radius 3 is 2.35 bits per heavy atom. The minimum Gasteiger partial charge on any atom is -0.349 e. The predicted molar refractivity (Wildman–Crippen MR) is 71.8 cm³/mol. The zero-order valence-corrected chi connectivity index (χ0v) is 11.2. The molecule has 0 aromatic heterocycles. The largest absolute Gasteiger partial charge is 0.349 e. The number of nitrogens with two attached hydrogens (primary N) is 1. The van der Waals surface area contributed by atoms with Crippen molar-refractivity contribution in [1.29, 1.82) is 0 Å². The van der Waals surface area contributed by atoms with E-state index in [1.165, 1.54) is 0 Å². The van der Waals surface area contributed by atoms with E-state index in [2.05, 4.69) is 21.2 Å². The van der Waals surface area contributed by atoms with Crippen LogP contribution < -0.4 is 11.1 Å². The number of hydrogen-bond acceptors (Lipinski definition) is 2. The molecule has 0 radical (unpaired) electrons. The van der Waals surface area contributed by atoms with Crippen molar-refractivity contribution >= 4 is 21.8 Å². The van der Waals surface area contributed by atoms with Gasteiger partial charge in [0.15, 0.2) is 0 Å². The molecule has 0 heterocycles. The summed E-state index contributed by atoms with van der Waals surface area (Å²) in [6, 6.07) is 8.01. The van der Waals surface area contributed by atoms with Gasteiger partial charge in [0.2, 0.25) is 0 Å². The third-order valence-corrected chi connectivity index (χ3v) is 3.74. The van der Waals surface area contributed by atoms with E-state index in [-0.39, 0.29) is 11.9 Å². The average molecular weight is 297 g/mol. The molecule has 0 unspecified atom stereocenters. The summed E-state index contributed by atoms with van der Waals surface area (Å²) in [5, 5.41) is 3.07. The molecule has 1 aliphatic carbocycles. The average Bonchev–Trinajstić information content (AvgIpc) is 2.33. The lowest BCUT2D eigenvalue weighted by molar-refractivity contribution is 0.0926. The van der Waals surface area contributed by atoms with Crippen molar-refractivity contribution in [3.05, 3.63) is 34.3 Å². The van der Waals surface area contributed by atoms with E-state index < -0.39 is 0 Å². The van der Waals surface area contributed by atoms with Crippen LogP contribution in [0.15, 0.2) is 28.7 Å². The smallest absolute Gasteiger partial charge is 0.251 e. The van der Waals surface area contributed by atoms with Crippen LogP contribution in [-0.4, -0.2) is 18.0 Å². The van der Waals surface area contributed by atoms with Crippen molar-refractivity contribution < 1.29 is 4.79 Å². The number of amides is 1. The summed E-state index contributed by atoms with van der Waals surface area (Å²) in [6.07, 6.45) is 3.99. The number of carbonyl (C=O) groups excluding carboxylic acids is 1. The first kappa shape index (κ1) is 12.6. The molecule has 17 heavy (non-hydrogen) atoms. The summed E-state index contributed by atoms with van der Waals surface area (Å²) >= 11 is 3.35. The SMILES string of the molecule is NC1CCC(NC(=O)c2ccc(Br)cc2)CC1. The third kappa shape index (κ3) is 3.54. The standard InChI is InChI=1S/C13H17BrN2O/c14-10-3-1-9(2-4-10)13(17)16-12-7-5-11(15)6-8-12/h1-4,11-12H,5-8,15H2,(H,16,17). The van der Waals surface area contributed by atoms with Crippen molar-refractivity contribution in [2.75, 3.05) is 0 Å². The van der Waals surface area contributed by atoms with Crippen molar-refractivity contribution in [2.45, 2.75) is 37.8 Å². The molecular weight excluding hydrogens is 280 g/mol. The van der Waals surface area contributed by atoms with Gasteiger partial charge >= 0.3 is 0 Å². The van der Waals surface area contributed by atoms with E-state index in [0.29, 0.717) is 11.6 Å². The molecule has 2 rings (SSSR count).